The van der Waals surface area contributed by atoms with E-state index in [1.165, 1.54) is 16.2 Å². The fourth-order valence-corrected chi connectivity index (χ4v) is 3.13. The summed E-state index contributed by atoms with van der Waals surface area (Å²) in [6, 6.07) is -0.391. The molecule has 7 nitrogen and oxygen atoms in total. The van der Waals surface area contributed by atoms with Crippen LogP contribution in [-0.2, 0) is 23.9 Å². The molecule has 1 unspecified atom stereocenters. The predicted molar refractivity (Wildman–Crippen MR) is 76.5 cm³/mol. The number of hydrogen-bond donors (Lipinski definition) is 1. The summed E-state index contributed by atoms with van der Waals surface area (Å²) in [6.45, 7) is 3.83. The van der Waals surface area contributed by atoms with Crippen LogP contribution in [0.5, 0.6) is 0 Å². The first-order chi connectivity index (χ1) is 9.90. The molecule has 1 N–H and O–H groups in total. The lowest BCUT2D eigenvalue weighted by Crippen LogP contribution is -2.40. The summed E-state index contributed by atoms with van der Waals surface area (Å²) in [5.41, 5.74) is -0.392. The van der Waals surface area contributed by atoms with Crippen LogP contribution in [0.1, 0.15) is 22.4 Å². The lowest BCUT2D eigenvalue weighted by atomic mass is 9.95. The molecular weight excluding hydrogens is 290 g/mol. The maximum Gasteiger partial charge on any atom is 0.325 e. The molecule has 2 aromatic heterocycles. The molecule has 1 atom stereocenters. The number of urea groups is 1. The van der Waals surface area contributed by atoms with Gasteiger partial charge < -0.3 is 5.32 Å². The fraction of sp³-hybridized carbons (Fsp3) is 0.385. The van der Waals surface area contributed by atoms with Crippen LogP contribution in [0, 0.1) is 6.92 Å². The number of aromatic nitrogens is 3. The molecule has 1 saturated heterocycles. The molecule has 1 aliphatic rings. The Morgan fingerprint density at radius 1 is 1.38 bits per heavy atom. The highest BCUT2D eigenvalue weighted by Crippen LogP contribution is 2.30. The first-order valence-corrected chi connectivity index (χ1v) is 7.26. The third-order valence-corrected chi connectivity index (χ3v) is 4.44. The molecule has 0 spiro atoms. The molecule has 0 radical (unpaired) electrons. The van der Waals surface area contributed by atoms with Gasteiger partial charge in [-0.25, -0.2) is 9.78 Å². The van der Waals surface area contributed by atoms with Gasteiger partial charge in [0.15, 0.2) is 0 Å². The summed E-state index contributed by atoms with van der Waals surface area (Å²) in [5, 5.41) is 7.73. The molecule has 1 fully saturated rings. The normalized spacial score (nSPS) is 22.0. The van der Waals surface area contributed by atoms with Gasteiger partial charge in [0, 0.05) is 29.9 Å². The van der Waals surface area contributed by atoms with Crippen molar-refractivity contribution in [2.45, 2.75) is 25.9 Å². The van der Waals surface area contributed by atoms with E-state index < -0.39 is 11.6 Å². The van der Waals surface area contributed by atoms with E-state index in [-0.39, 0.29) is 12.5 Å². The van der Waals surface area contributed by atoms with Gasteiger partial charge in [0.25, 0.3) is 5.91 Å². The van der Waals surface area contributed by atoms with Gasteiger partial charge in [0.05, 0.1) is 17.7 Å². The van der Waals surface area contributed by atoms with Crippen molar-refractivity contribution in [3.05, 3.63) is 34.0 Å². The molecule has 0 aromatic carbocycles. The summed E-state index contributed by atoms with van der Waals surface area (Å²) in [7, 11) is 1.77. The minimum absolute atomic E-state index is 0.242. The van der Waals surface area contributed by atoms with E-state index in [0.717, 1.165) is 9.88 Å². The van der Waals surface area contributed by atoms with Crippen LogP contribution < -0.4 is 5.32 Å². The van der Waals surface area contributed by atoms with E-state index in [2.05, 4.69) is 15.4 Å². The minimum Gasteiger partial charge on any atom is -0.319 e. The van der Waals surface area contributed by atoms with Gasteiger partial charge in [-0.15, -0.1) is 11.3 Å². The number of hydrogen-bond acceptors (Lipinski definition) is 5. The highest BCUT2D eigenvalue weighted by molar-refractivity contribution is 7.11. The second-order valence-electron chi connectivity index (χ2n) is 5.19. The summed E-state index contributed by atoms with van der Waals surface area (Å²) in [6.07, 6.45) is 5.03. The zero-order valence-electron chi connectivity index (χ0n) is 12.0. The highest BCUT2D eigenvalue weighted by Gasteiger charge is 2.49. The molecule has 3 rings (SSSR count). The third kappa shape index (κ3) is 2.21. The maximum absolute atomic E-state index is 12.6. The number of nitrogens with zero attached hydrogens (tertiary/aromatic N) is 4. The van der Waals surface area contributed by atoms with E-state index >= 15 is 0 Å². The SMILES string of the molecule is Cc1ncc(CN2C(=O)NC(C)(c3cnn(C)c3)C2=O)s1. The Bertz CT molecular complexity index is 722. The number of imide groups is 1. The largest absolute Gasteiger partial charge is 0.325 e. The topological polar surface area (TPSA) is 80.1 Å². The van der Waals surface area contributed by atoms with Crippen LogP contribution in [0.4, 0.5) is 4.79 Å². The number of thiazole rings is 1. The van der Waals surface area contributed by atoms with Crippen LogP contribution in [0.25, 0.3) is 0 Å². The van der Waals surface area contributed by atoms with Crippen LogP contribution in [0.2, 0.25) is 0 Å². The average molecular weight is 305 g/mol. The van der Waals surface area contributed by atoms with E-state index in [0.29, 0.717) is 5.56 Å². The average Bonchev–Trinajstić information content (AvgIpc) is 3.08. The van der Waals surface area contributed by atoms with Crippen LogP contribution in [-0.4, -0.2) is 31.6 Å². The summed E-state index contributed by atoms with van der Waals surface area (Å²) in [5.74, 6) is -0.272. The van der Waals surface area contributed by atoms with Crippen molar-refractivity contribution >= 4 is 23.3 Å². The van der Waals surface area contributed by atoms with E-state index in [1.807, 2.05) is 6.92 Å². The lowest BCUT2D eigenvalue weighted by Gasteiger charge is -2.19. The molecule has 3 amide bonds. The monoisotopic (exact) mass is 305 g/mol. The second-order valence-corrected chi connectivity index (χ2v) is 6.51. The number of rotatable bonds is 3. The molecule has 3 heterocycles. The minimum atomic E-state index is -1.06. The zero-order chi connectivity index (χ0) is 15.2. The molecule has 1 aliphatic heterocycles. The van der Waals surface area contributed by atoms with Crippen LogP contribution >= 0.6 is 11.3 Å². The quantitative estimate of drug-likeness (QED) is 0.863. The number of nitrogens with one attached hydrogen (secondary N) is 1. The van der Waals surface area contributed by atoms with Crippen LogP contribution in [0.15, 0.2) is 18.6 Å². The smallest absolute Gasteiger partial charge is 0.319 e. The molecule has 0 aliphatic carbocycles. The van der Waals surface area contributed by atoms with Gasteiger partial charge in [-0.05, 0) is 13.8 Å². The number of carbonyl (C=O) groups is 2. The van der Waals surface area contributed by atoms with Crippen molar-refractivity contribution < 1.29 is 9.59 Å². The lowest BCUT2D eigenvalue weighted by molar-refractivity contribution is -0.131. The Hall–Kier alpha value is -2.22. The summed E-state index contributed by atoms with van der Waals surface area (Å²) < 4.78 is 1.61. The Morgan fingerprint density at radius 3 is 2.71 bits per heavy atom. The van der Waals surface area contributed by atoms with Gasteiger partial charge >= 0.3 is 6.03 Å². The fourth-order valence-electron chi connectivity index (χ4n) is 2.35. The first kappa shape index (κ1) is 13.7. The highest BCUT2D eigenvalue weighted by atomic mass is 32.1. The number of aryl methyl sites for hydroxylation is 2. The summed E-state index contributed by atoms with van der Waals surface area (Å²) >= 11 is 1.48. The van der Waals surface area contributed by atoms with Crippen molar-refractivity contribution in [2.75, 3.05) is 0 Å². The van der Waals surface area contributed by atoms with Crippen LogP contribution in [0.3, 0.4) is 0 Å². The van der Waals surface area contributed by atoms with Crippen molar-refractivity contribution in [1.82, 2.24) is 25.0 Å². The van der Waals surface area contributed by atoms with Crippen molar-refractivity contribution in [2.24, 2.45) is 7.05 Å². The van der Waals surface area contributed by atoms with Crippen molar-refractivity contribution in [1.29, 1.82) is 0 Å². The van der Waals surface area contributed by atoms with E-state index in [9.17, 15) is 9.59 Å². The Balaban J connectivity index is 1.88. The standard InChI is InChI=1S/C13H15N5O2S/c1-8-14-5-10(21-8)7-18-11(19)13(2,16-12(18)20)9-4-15-17(3)6-9/h4-6H,7H2,1-3H3,(H,16,20). The molecule has 2 aromatic rings. The molecule has 0 bridgehead atoms. The molecule has 110 valence electrons. The summed E-state index contributed by atoms with van der Waals surface area (Å²) in [4.78, 5) is 31.0. The predicted octanol–water partition coefficient (Wildman–Crippen LogP) is 1.15. The van der Waals surface area contributed by atoms with Gasteiger partial charge in [0.1, 0.15) is 5.54 Å². The van der Waals surface area contributed by atoms with Gasteiger partial charge in [-0.1, -0.05) is 0 Å². The Kier molecular flexibility index (Phi) is 3.05. The second kappa shape index (κ2) is 4.66. The first-order valence-electron chi connectivity index (χ1n) is 6.44. The number of amides is 3. The Morgan fingerprint density at radius 2 is 2.14 bits per heavy atom. The number of carbonyl (C=O) groups excluding carboxylic acids is 2. The van der Waals surface area contributed by atoms with E-state index in [4.69, 9.17) is 0 Å². The van der Waals surface area contributed by atoms with Gasteiger partial charge in [-0.3, -0.25) is 14.4 Å². The van der Waals surface area contributed by atoms with Crippen molar-refractivity contribution in [3.63, 3.8) is 0 Å². The van der Waals surface area contributed by atoms with Gasteiger partial charge in [-0.2, -0.15) is 5.10 Å². The maximum atomic E-state index is 12.6. The Labute approximate surface area is 125 Å². The molecule has 0 saturated carbocycles. The van der Waals surface area contributed by atoms with Gasteiger partial charge in [0.2, 0.25) is 0 Å². The van der Waals surface area contributed by atoms with E-state index in [1.54, 1.807) is 37.2 Å². The molecule has 21 heavy (non-hydrogen) atoms. The van der Waals surface area contributed by atoms with Crippen molar-refractivity contribution in [3.8, 4) is 0 Å². The molecule has 8 heteroatoms. The molecular formula is C13H15N5O2S. The third-order valence-electron chi connectivity index (χ3n) is 3.54. The zero-order valence-corrected chi connectivity index (χ0v) is 12.8.